The molecular formula is C27H28N6O2S. The van der Waals surface area contributed by atoms with Crippen molar-refractivity contribution in [2.75, 3.05) is 10.6 Å². The van der Waals surface area contributed by atoms with Crippen LogP contribution in [0.3, 0.4) is 0 Å². The van der Waals surface area contributed by atoms with E-state index in [1.165, 1.54) is 11.3 Å². The summed E-state index contributed by atoms with van der Waals surface area (Å²) < 4.78 is 0. The molecule has 0 spiro atoms. The smallest absolute Gasteiger partial charge is 0.230 e. The predicted octanol–water partition coefficient (Wildman–Crippen LogP) is 4.56. The van der Waals surface area contributed by atoms with Crippen molar-refractivity contribution >= 4 is 34.1 Å². The van der Waals surface area contributed by atoms with Gasteiger partial charge >= 0.3 is 0 Å². The number of anilines is 2. The van der Waals surface area contributed by atoms with Crippen LogP contribution in [0.25, 0.3) is 0 Å². The summed E-state index contributed by atoms with van der Waals surface area (Å²) in [7, 11) is 0. The van der Waals surface area contributed by atoms with E-state index in [-0.39, 0.29) is 11.8 Å². The van der Waals surface area contributed by atoms with Gasteiger partial charge in [0, 0.05) is 6.42 Å². The molecule has 2 heterocycles. The molecule has 4 rings (SSSR count). The molecule has 0 saturated carbocycles. The number of rotatable bonds is 11. The molecule has 2 aromatic carbocycles. The predicted molar refractivity (Wildman–Crippen MR) is 141 cm³/mol. The quantitative estimate of drug-likeness (QED) is 0.292. The van der Waals surface area contributed by atoms with Crippen LogP contribution in [0.1, 0.15) is 40.2 Å². The van der Waals surface area contributed by atoms with Crippen molar-refractivity contribution in [2.45, 2.75) is 45.4 Å². The van der Waals surface area contributed by atoms with Crippen LogP contribution in [-0.4, -0.2) is 32.2 Å². The maximum atomic E-state index is 12.3. The minimum absolute atomic E-state index is 0.0997. The molecular weight excluding hydrogens is 472 g/mol. The van der Waals surface area contributed by atoms with Crippen molar-refractivity contribution in [3.63, 3.8) is 0 Å². The fourth-order valence-corrected chi connectivity index (χ4v) is 4.46. The number of nitrogens with one attached hydrogen (secondary N) is 2. The minimum Gasteiger partial charge on any atom is -0.309 e. The van der Waals surface area contributed by atoms with Gasteiger partial charge in [-0.25, -0.2) is 0 Å². The van der Waals surface area contributed by atoms with E-state index >= 15 is 0 Å². The molecule has 36 heavy (non-hydrogen) atoms. The second kappa shape index (κ2) is 12.6. The number of carbonyl (C=O) groups is 2. The average Bonchev–Trinajstić information content (AvgIpc) is 3.31. The molecule has 2 amide bonds. The molecule has 2 N–H and O–H groups in total. The molecule has 9 heteroatoms. The molecule has 0 bridgehead atoms. The van der Waals surface area contributed by atoms with E-state index in [1.807, 2.05) is 67.6 Å². The number of unbranched alkanes of at least 4 members (excludes halogenated alkanes) is 1. The van der Waals surface area contributed by atoms with Crippen LogP contribution in [0, 0.1) is 6.92 Å². The lowest BCUT2D eigenvalue weighted by molar-refractivity contribution is -0.116. The Hall–Kier alpha value is -3.98. The van der Waals surface area contributed by atoms with Gasteiger partial charge in [-0.1, -0.05) is 65.9 Å². The Balaban J connectivity index is 1.15. The van der Waals surface area contributed by atoms with Gasteiger partial charge in [0.15, 0.2) is 5.82 Å². The summed E-state index contributed by atoms with van der Waals surface area (Å²) in [6.07, 6.45) is 4.02. The van der Waals surface area contributed by atoms with E-state index in [4.69, 9.17) is 0 Å². The summed E-state index contributed by atoms with van der Waals surface area (Å²) >= 11 is 1.40. The fraction of sp³-hybridized carbons (Fsp3) is 0.259. The molecule has 0 atom stereocenters. The first-order valence-electron chi connectivity index (χ1n) is 11.9. The number of aromatic nitrogens is 4. The molecule has 2 aromatic heterocycles. The summed E-state index contributed by atoms with van der Waals surface area (Å²) in [4.78, 5) is 24.5. The van der Waals surface area contributed by atoms with Gasteiger partial charge in [-0.05, 0) is 55.0 Å². The number of amides is 2. The maximum absolute atomic E-state index is 12.3. The number of hydrogen-bond donors (Lipinski definition) is 2. The van der Waals surface area contributed by atoms with Gasteiger partial charge in [0.05, 0.1) is 18.5 Å². The van der Waals surface area contributed by atoms with Gasteiger partial charge in [0.25, 0.3) is 0 Å². The molecule has 8 nitrogen and oxygen atoms in total. The molecule has 0 aliphatic heterocycles. The summed E-state index contributed by atoms with van der Waals surface area (Å²) in [6, 6.07) is 21.1. The zero-order valence-electron chi connectivity index (χ0n) is 20.1. The second-order valence-corrected chi connectivity index (χ2v) is 9.54. The Morgan fingerprint density at radius 2 is 1.50 bits per heavy atom. The second-order valence-electron chi connectivity index (χ2n) is 8.48. The molecule has 0 fully saturated rings. The van der Waals surface area contributed by atoms with Crippen molar-refractivity contribution in [1.82, 2.24) is 20.4 Å². The van der Waals surface area contributed by atoms with Crippen LogP contribution in [0.5, 0.6) is 0 Å². The summed E-state index contributed by atoms with van der Waals surface area (Å²) in [5.41, 5.74) is 3.92. The first-order chi connectivity index (χ1) is 17.5. The van der Waals surface area contributed by atoms with Crippen molar-refractivity contribution in [3.05, 3.63) is 94.1 Å². The van der Waals surface area contributed by atoms with E-state index in [1.54, 1.807) is 6.07 Å². The number of hydrogen-bond acceptors (Lipinski definition) is 7. The Morgan fingerprint density at radius 3 is 2.28 bits per heavy atom. The van der Waals surface area contributed by atoms with E-state index in [2.05, 4.69) is 31.0 Å². The van der Waals surface area contributed by atoms with E-state index in [0.29, 0.717) is 23.8 Å². The topological polar surface area (TPSA) is 110 Å². The van der Waals surface area contributed by atoms with Crippen molar-refractivity contribution in [1.29, 1.82) is 0 Å². The molecule has 0 aliphatic carbocycles. The molecule has 0 saturated heterocycles. The number of carbonyl (C=O) groups excluding carboxylic acids is 2. The summed E-state index contributed by atoms with van der Waals surface area (Å²) in [5, 5.41) is 23.7. The molecule has 4 aromatic rings. The van der Waals surface area contributed by atoms with Gasteiger partial charge in [0.2, 0.25) is 16.9 Å². The van der Waals surface area contributed by atoms with Crippen LogP contribution >= 0.6 is 11.3 Å². The third kappa shape index (κ3) is 7.78. The Kier molecular flexibility index (Phi) is 8.82. The van der Waals surface area contributed by atoms with Crippen LogP contribution in [0.4, 0.5) is 10.9 Å². The van der Waals surface area contributed by atoms with Gasteiger partial charge in [-0.15, -0.1) is 15.3 Å². The van der Waals surface area contributed by atoms with E-state index < -0.39 is 0 Å². The third-order valence-electron chi connectivity index (χ3n) is 5.59. The third-order valence-corrected chi connectivity index (χ3v) is 6.49. The Morgan fingerprint density at radius 1 is 0.750 bits per heavy atom. The first-order valence-corrected chi connectivity index (χ1v) is 12.7. The molecule has 184 valence electrons. The van der Waals surface area contributed by atoms with E-state index in [9.17, 15) is 9.59 Å². The Labute approximate surface area is 214 Å². The van der Waals surface area contributed by atoms with Crippen molar-refractivity contribution in [2.24, 2.45) is 0 Å². The molecule has 0 radical (unpaired) electrons. The summed E-state index contributed by atoms with van der Waals surface area (Å²) in [6.45, 7) is 1.99. The van der Waals surface area contributed by atoms with Crippen molar-refractivity contribution in [3.8, 4) is 0 Å². The Bertz CT molecular complexity index is 1290. The van der Waals surface area contributed by atoms with Gasteiger partial charge in [0.1, 0.15) is 5.01 Å². The number of benzene rings is 2. The highest BCUT2D eigenvalue weighted by Crippen LogP contribution is 2.18. The van der Waals surface area contributed by atoms with Crippen LogP contribution in [0.15, 0.2) is 66.7 Å². The normalized spacial score (nSPS) is 10.7. The lowest BCUT2D eigenvalue weighted by atomic mass is 10.1. The van der Waals surface area contributed by atoms with Crippen LogP contribution in [-0.2, 0) is 35.3 Å². The lowest BCUT2D eigenvalue weighted by Crippen LogP contribution is -2.16. The first kappa shape index (κ1) is 25.1. The van der Waals surface area contributed by atoms with E-state index in [0.717, 1.165) is 53.1 Å². The highest BCUT2D eigenvalue weighted by Gasteiger charge is 2.10. The lowest BCUT2D eigenvalue weighted by Gasteiger charge is -2.07. The van der Waals surface area contributed by atoms with Crippen LogP contribution in [0.2, 0.25) is 0 Å². The zero-order chi connectivity index (χ0) is 25.2. The largest absolute Gasteiger partial charge is 0.309 e. The number of nitrogens with zero attached hydrogens (tertiary/aromatic N) is 4. The van der Waals surface area contributed by atoms with Gasteiger partial charge < -0.3 is 10.6 Å². The maximum Gasteiger partial charge on any atom is 0.230 e. The van der Waals surface area contributed by atoms with Gasteiger partial charge in [-0.3, -0.25) is 9.59 Å². The van der Waals surface area contributed by atoms with Crippen LogP contribution < -0.4 is 10.6 Å². The highest BCUT2D eigenvalue weighted by atomic mass is 32.1. The monoisotopic (exact) mass is 500 g/mol. The average molecular weight is 501 g/mol. The SMILES string of the molecule is Cc1ccccc1CC(=O)Nc1ccc(CCCCc2nnc(NC(=O)Cc3ccccc3)s2)nn1. The molecule has 0 aliphatic rings. The zero-order valence-corrected chi connectivity index (χ0v) is 20.9. The van der Waals surface area contributed by atoms with Gasteiger partial charge in [-0.2, -0.15) is 5.10 Å². The molecule has 0 unspecified atom stereocenters. The minimum atomic E-state index is -0.112. The van der Waals surface area contributed by atoms with Crippen molar-refractivity contribution < 1.29 is 9.59 Å². The standard InChI is InChI=1S/C27H28N6O2S/c1-19-9-5-6-12-21(19)18-25(35)28-23-16-15-22(30-31-23)13-7-8-14-26-32-33-27(36-26)29-24(34)17-20-10-3-2-4-11-20/h2-6,9-12,15-16H,7-8,13-14,17-18H2,1H3,(H,28,31,35)(H,29,33,34). The highest BCUT2D eigenvalue weighted by molar-refractivity contribution is 7.15. The summed E-state index contributed by atoms with van der Waals surface area (Å²) in [5.74, 6) is 0.240. The fourth-order valence-electron chi connectivity index (χ4n) is 3.66. The number of aryl methyl sites for hydroxylation is 3.